The number of nitrogens with one attached hydrogen (secondary N) is 2. The van der Waals surface area contributed by atoms with E-state index in [1.165, 1.54) is 0 Å². The van der Waals surface area contributed by atoms with E-state index in [0.717, 1.165) is 5.75 Å². The summed E-state index contributed by atoms with van der Waals surface area (Å²) >= 11 is 0. The Hall–Kier alpha value is -2.24. The van der Waals surface area contributed by atoms with Crippen molar-refractivity contribution in [3.63, 3.8) is 0 Å². The standard InChI is InChI=1S/C16H24N2O4/c1-4-21-16(20)18-14(12(2)3)15(19)17-10-11-22-13-8-6-5-7-9-13/h5-9,12,14H,4,10-11H2,1-3H3,(H,17,19)(H,18,20). The Labute approximate surface area is 131 Å². The smallest absolute Gasteiger partial charge is 0.407 e. The molecule has 0 saturated heterocycles. The molecule has 0 radical (unpaired) electrons. The van der Waals surface area contributed by atoms with Gasteiger partial charge in [-0.15, -0.1) is 0 Å². The van der Waals surface area contributed by atoms with Crippen LogP contribution in [-0.2, 0) is 9.53 Å². The van der Waals surface area contributed by atoms with Crippen LogP contribution in [0.3, 0.4) is 0 Å². The second-order valence-corrected chi connectivity index (χ2v) is 5.04. The molecule has 0 spiro atoms. The summed E-state index contributed by atoms with van der Waals surface area (Å²) in [6, 6.07) is 8.74. The summed E-state index contributed by atoms with van der Waals surface area (Å²) in [6.45, 7) is 6.42. The molecule has 0 saturated carbocycles. The van der Waals surface area contributed by atoms with Gasteiger partial charge in [0.05, 0.1) is 13.2 Å². The van der Waals surface area contributed by atoms with Crippen LogP contribution in [0.15, 0.2) is 30.3 Å². The van der Waals surface area contributed by atoms with Gasteiger partial charge in [0, 0.05) is 0 Å². The monoisotopic (exact) mass is 308 g/mol. The predicted octanol–water partition coefficient (Wildman–Crippen LogP) is 1.95. The van der Waals surface area contributed by atoms with Gasteiger partial charge in [-0.2, -0.15) is 0 Å². The lowest BCUT2D eigenvalue weighted by atomic mass is 10.0. The maximum absolute atomic E-state index is 12.1. The number of hydrogen-bond acceptors (Lipinski definition) is 4. The van der Waals surface area contributed by atoms with Gasteiger partial charge in [-0.05, 0) is 25.0 Å². The van der Waals surface area contributed by atoms with E-state index in [-0.39, 0.29) is 18.4 Å². The molecule has 0 aliphatic carbocycles. The van der Waals surface area contributed by atoms with Crippen molar-refractivity contribution in [3.05, 3.63) is 30.3 Å². The van der Waals surface area contributed by atoms with Crippen LogP contribution < -0.4 is 15.4 Å². The molecule has 0 heterocycles. The number of para-hydroxylation sites is 1. The average Bonchev–Trinajstić information content (AvgIpc) is 2.50. The lowest BCUT2D eigenvalue weighted by molar-refractivity contribution is -0.124. The molecular weight excluding hydrogens is 284 g/mol. The highest BCUT2D eigenvalue weighted by atomic mass is 16.5. The maximum atomic E-state index is 12.1. The Morgan fingerprint density at radius 1 is 1.18 bits per heavy atom. The molecule has 2 amide bonds. The molecule has 6 nitrogen and oxygen atoms in total. The third-order valence-electron chi connectivity index (χ3n) is 2.91. The molecule has 0 fully saturated rings. The number of carbonyl (C=O) groups excluding carboxylic acids is 2. The fraction of sp³-hybridized carbons (Fsp3) is 0.500. The molecule has 0 aromatic heterocycles. The molecule has 1 aromatic carbocycles. The van der Waals surface area contributed by atoms with Gasteiger partial charge < -0.3 is 20.1 Å². The molecule has 22 heavy (non-hydrogen) atoms. The van der Waals surface area contributed by atoms with Gasteiger partial charge in [-0.3, -0.25) is 4.79 Å². The Morgan fingerprint density at radius 3 is 2.45 bits per heavy atom. The average molecular weight is 308 g/mol. The fourth-order valence-electron chi connectivity index (χ4n) is 1.80. The highest BCUT2D eigenvalue weighted by molar-refractivity contribution is 5.85. The van der Waals surface area contributed by atoms with Gasteiger partial charge in [-0.1, -0.05) is 32.0 Å². The Kier molecular flexibility index (Phi) is 7.81. The third-order valence-corrected chi connectivity index (χ3v) is 2.91. The van der Waals surface area contributed by atoms with Crippen LogP contribution in [0, 0.1) is 5.92 Å². The first-order valence-electron chi connectivity index (χ1n) is 7.43. The van der Waals surface area contributed by atoms with Gasteiger partial charge in [0.2, 0.25) is 5.91 Å². The number of alkyl carbamates (subject to hydrolysis) is 1. The Bertz CT molecular complexity index is 462. The van der Waals surface area contributed by atoms with Gasteiger partial charge >= 0.3 is 6.09 Å². The van der Waals surface area contributed by atoms with Crippen molar-refractivity contribution >= 4 is 12.0 Å². The summed E-state index contributed by atoms with van der Waals surface area (Å²) < 4.78 is 10.3. The number of rotatable bonds is 8. The number of hydrogen-bond donors (Lipinski definition) is 2. The first kappa shape index (κ1) is 17.8. The normalized spacial score (nSPS) is 11.6. The zero-order valence-electron chi connectivity index (χ0n) is 13.3. The molecule has 0 aliphatic heterocycles. The fourth-order valence-corrected chi connectivity index (χ4v) is 1.80. The molecule has 1 atom stereocenters. The first-order chi connectivity index (χ1) is 10.5. The summed E-state index contributed by atoms with van der Waals surface area (Å²) in [7, 11) is 0. The van der Waals surface area contributed by atoms with Gasteiger partial charge in [-0.25, -0.2) is 4.79 Å². The van der Waals surface area contributed by atoms with Crippen LogP contribution in [0.2, 0.25) is 0 Å². The zero-order valence-corrected chi connectivity index (χ0v) is 13.3. The molecule has 2 N–H and O–H groups in total. The first-order valence-corrected chi connectivity index (χ1v) is 7.43. The third kappa shape index (κ3) is 6.47. The van der Waals surface area contributed by atoms with E-state index in [9.17, 15) is 9.59 Å². The summed E-state index contributed by atoms with van der Waals surface area (Å²) in [5, 5.41) is 5.31. The SMILES string of the molecule is CCOC(=O)NC(C(=O)NCCOc1ccccc1)C(C)C. The molecule has 1 unspecified atom stereocenters. The maximum Gasteiger partial charge on any atom is 0.407 e. The van der Waals surface area contributed by atoms with E-state index in [1.54, 1.807) is 6.92 Å². The second-order valence-electron chi connectivity index (χ2n) is 5.04. The van der Waals surface area contributed by atoms with Crippen molar-refractivity contribution in [3.8, 4) is 5.75 Å². The van der Waals surface area contributed by atoms with E-state index < -0.39 is 12.1 Å². The van der Waals surface area contributed by atoms with Crippen LogP contribution in [0.25, 0.3) is 0 Å². The van der Waals surface area contributed by atoms with Crippen LogP contribution in [0.1, 0.15) is 20.8 Å². The van der Waals surface area contributed by atoms with Gasteiger partial charge in [0.15, 0.2) is 0 Å². The van der Waals surface area contributed by atoms with Gasteiger partial charge in [0.1, 0.15) is 18.4 Å². The van der Waals surface area contributed by atoms with Crippen LogP contribution in [0.5, 0.6) is 5.75 Å². The molecule has 0 aliphatic rings. The largest absolute Gasteiger partial charge is 0.492 e. The minimum absolute atomic E-state index is 0.0422. The van der Waals surface area contributed by atoms with Crippen molar-refractivity contribution in [2.75, 3.05) is 19.8 Å². The van der Waals surface area contributed by atoms with Crippen molar-refractivity contribution in [1.82, 2.24) is 10.6 Å². The van der Waals surface area contributed by atoms with Gasteiger partial charge in [0.25, 0.3) is 0 Å². The van der Waals surface area contributed by atoms with E-state index in [2.05, 4.69) is 10.6 Å². The molecule has 122 valence electrons. The number of benzene rings is 1. The Balaban J connectivity index is 2.35. The van der Waals surface area contributed by atoms with Crippen molar-refractivity contribution in [2.24, 2.45) is 5.92 Å². The highest BCUT2D eigenvalue weighted by Gasteiger charge is 2.24. The lowest BCUT2D eigenvalue weighted by Gasteiger charge is -2.21. The molecule has 1 rings (SSSR count). The number of ether oxygens (including phenoxy) is 2. The summed E-state index contributed by atoms with van der Waals surface area (Å²) in [5.41, 5.74) is 0. The Morgan fingerprint density at radius 2 is 1.86 bits per heavy atom. The second kappa shape index (κ2) is 9.65. The molecule has 0 bridgehead atoms. The van der Waals surface area contributed by atoms with Crippen LogP contribution >= 0.6 is 0 Å². The highest BCUT2D eigenvalue weighted by Crippen LogP contribution is 2.07. The minimum atomic E-state index is -0.629. The zero-order chi connectivity index (χ0) is 16.4. The molecule has 6 heteroatoms. The van der Waals surface area contributed by atoms with Crippen LogP contribution in [-0.4, -0.2) is 37.8 Å². The van der Waals surface area contributed by atoms with Crippen molar-refractivity contribution in [1.29, 1.82) is 0 Å². The van der Waals surface area contributed by atoms with E-state index in [4.69, 9.17) is 9.47 Å². The van der Waals surface area contributed by atoms with E-state index in [1.807, 2.05) is 44.2 Å². The summed E-state index contributed by atoms with van der Waals surface area (Å²) in [6.07, 6.45) is -0.586. The predicted molar refractivity (Wildman–Crippen MR) is 83.7 cm³/mol. The molecule has 1 aromatic rings. The quantitative estimate of drug-likeness (QED) is 0.720. The van der Waals surface area contributed by atoms with E-state index in [0.29, 0.717) is 13.2 Å². The van der Waals surface area contributed by atoms with Crippen molar-refractivity contribution in [2.45, 2.75) is 26.8 Å². The topological polar surface area (TPSA) is 76.7 Å². The minimum Gasteiger partial charge on any atom is -0.492 e. The summed E-state index contributed by atoms with van der Waals surface area (Å²) in [4.78, 5) is 23.5. The lowest BCUT2D eigenvalue weighted by Crippen LogP contribution is -2.50. The number of carbonyl (C=O) groups is 2. The van der Waals surface area contributed by atoms with Crippen molar-refractivity contribution < 1.29 is 19.1 Å². The number of amides is 2. The molecular formula is C16H24N2O4. The van der Waals surface area contributed by atoms with E-state index >= 15 is 0 Å². The van der Waals surface area contributed by atoms with Crippen LogP contribution in [0.4, 0.5) is 4.79 Å². The summed E-state index contributed by atoms with van der Waals surface area (Å²) in [5.74, 6) is 0.459.